The van der Waals surface area contributed by atoms with Gasteiger partial charge in [-0.05, 0) is 41.8 Å². The maximum atomic E-state index is 13.2. The van der Waals surface area contributed by atoms with E-state index in [4.69, 9.17) is 8.83 Å². The molecule has 11 heteroatoms. The summed E-state index contributed by atoms with van der Waals surface area (Å²) in [6.07, 6.45) is -4.99. The largest absolute Gasteiger partial charge is 0.426 e. The van der Waals surface area contributed by atoms with Crippen LogP contribution in [0.15, 0.2) is 62.2 Å². The number of rotatable bonds is 5. The second kappa shape index (κ2) is 7.75. The first kappa shape index (κ1) is 21.5. The van der Waals surface area contributed by atoms with Crippen LogP contribution in [0.25, 0.3) is 22.1 Å². The van der Waals surface area contributed by atoms with Crippen LogP contribution in [0.2, 0.25) is 0 Å². The number of nitrogens with zero attached hydrogens (tertiary/aromatic N) is 2. The summed E-state index contributed by atoms with van der Waals surface area (Å²) in [4.78, 5) is 12.0. The van der Waals surface area contributed by atoms with E-state index in [-0.39, 0.29) is 18.1 Å². The first-order valence-electron chi connectivity index (χ1n) is 9.24. The molecular weight excluding hydrogens is 434 g/mol. The number of hydrogen-bond acceptors (Lipinski definition) is 7. The van der Waals surface area contributed by atoms with E-state index in [1.807, 2.05) is 0 Å². The normalized spacial score (nSPS) is 13.8. The molecule has 2 aromatic heterocycles. The van der Waals surface area contributed by atoms with Gasteiger partial charge in [0.25, 0.3) is 5.89 Å². The highest BCUT2D eigenvalue weighted by Crippen LogP contribution is 2.38. The van der Waals surface area contributed by atoms with Crippen molar-refractivity contribution in [2.45, 2.75) is 25.2 Å². The van der Waals surface area contributed by atoms with Crippen molar-refractivity contribution in [2.24, 2.45) is 0 Å². The van der Waals surface area contributed by atoms with E-state index in [0.717, 1.165) is 0 Å². The monoisotopic (exact) mass is 449 g/mol. The first-order chi connectivity index (χ1) is 15.0. The van der Waals surface area contributed by atoms with Crippen molar-refractivity contribution in [3.05, 3.63) is 76.2 Å². The van der Waals surface area contributed by atoms with E-state index in [1.165, 1.54) is 18.2 Å². The van der Waals surface area contributed by atoms with Gasteiger partial charge in [-0.2, -0.15) is 13.2 Å². The molecule has 0 bridgehead atoms. The zero-order valence-corrected chi connectivity index (χ0v) is 16.4. The molecular formula is C21H15F4N3O4. The molecule has 0 spiro atoms. The molecule has 32 heavy (non-hydrogen) atoms. The Morgan fingerprint density at radius 1 is 1.03 bits per heavy atom. The minimum atomic E-state index is -4.99. The van der Waals surface area contributed by atoms with E-state index < -0.39 is 29.1 Å². The van der Waals surface area contributed by atoms with Crippen LogP contribution >= 0.6 is 0 Å². The molecule has 2 N–H and O–H groups in total. The fraction of sp³-hybridized carbons (Fsp3) is 0.190. The fourth-order valence-electron chi connectivity index (χ4n) is 2.98. The van der Waals surface area contributed by atoms with Gasteiger partial charge in [-0.15, -0.1) is 5.10 Å². The van der Waals surface area contributed by atoms with E-state index in [1.54, 1.807) is 30.3 Å². The van der Waals surface area contributed by atoms with Crippen LogP contribution in [0.4, 0.5) is 23.6 Å². The van der Waals surface area contributed by atoms with Crippen LogP contribution in [0, 0.1) is 5.82 Å². The molecule has 0 unspecified atom stereocenters. The van der Waals surface area contributed by atoms with Gasteiger partial charge in [-0.3, -0.25) is 0 Å². The molecule has 0 aliphatic heterocycles. The number of fused-ring (bicyclic) bond motifs is 1. The van der Waals surface area contributed by atoms with Crippen LogP contribution in [0.5, 0.6) is 0 Å². The number of benzene rings is 2. The molecule has 1 atom stereocenters. The number of alkyl halides is 3. The van der Waals surface area contributed by atoms with E-state index in [2.05, 4.69) is 15.5 Å². The van der Waals surface area contributed by atoms with E-state index in [0.29, 0.717) is 29.0 Å². The maximum absolute atomic E-state index is 13.2. The van der Waals surface area contributed by atoms with Crippen molar-refractivity contribution < 1.29 is 31.5 Å². The van der Waals surface area contributed by atoms with Crippen LogP contribution < -0.4 is 10.9 Å². The quantitative estimate of drug-likeness (QED) is 0.345. The van der Waals surface area contributed by atoms with Gasteiger partial charge in [0.15, 0.2) is 0 Å². The van der Waals surface area contributed by atoms with Crippen molar-refractivity contribution in [3.8, 4) is 11.1 Å². The molecule has 0 aliphatic rings. The van der Waals surface area contributed by atoms with Crippen molar-refractivity contribution in [1.29, 1.82) is 0 Å². The lowest BCUT2D eigenvalue weighted by atomic mass is 10.0. The third-order valence-electron chi connectivity index (χ3n) is 4.80. The van der Waals surface area contributed by atoms with Crippen LogP contribution in [0.1, 0.15) is 18.4 Å². The molecule has 2 heterocycles. The number of aromatic nitrogens is 2. The second-order valence-corrected chi connectivity index (χ2v) is 7.15. The summed E-state index contributed by atoms with van der Waals surface area (Å²) >= 11 is 0. The Hall–Kier alpha value is -3.73. The lowest BCUT2D eigenvalue weighted by Gasteiger charge is -2.21. The van der Waals surface area contributed by atoms with Gasteiger partial charge in [0.2, 0.25) is 5.60 Å². The highest BCUT2D eigenvalue weighted by Gasteiger charge is 2.55. The smallest absolute Gasteiger partial charge is 0.423 e. The summed E-state index contributed by atoms with van der Waals surface area (Å²) in [5.41, 5.74) is -1.83. The predicted octanol–water partition coefficient (Wildman–Crippen LogP) is 4.36. The Morgan fingerprint density at radius 2 is 1.75 bits per heavy atom. The average Bonchev–Trinajstić information content (AvgIpc) is 3.21. The lowest BCUT2D eigenvalue weighted by Crippen LogP contribution is -2.39. The molecule has 2 aromatic carbocycles. The zero-order valence-electron chi connectivity index (χ0n) is 16.4. The predicted molar refractivity (Wildman–Crippen MR) is 105 cm³/mol. The van der Waals surface area contributed by atoms with Crippen molar-refractivity contribution in [1.82, 2.24) is 10.2 Å². The maximum Gasteiger partial charge on any atom is 0.426 e. The highest BCUT2D eigenvalue weighted by molar-refractivity contribution is 5.93. The van der Waals surface area contributed by atoms with Gasteiger partial charge >= 0.3 is 17.8 Å². The molecule has 0 radical (unpaired) electrons. The lowest BCUT2D eigenvalue weighted by molar-refractivity contribution is -0.266. The van der Waals surface area contributed by atoms with E-state index >= 15 is 0 Å². The Kier molecular flexibility index (Phi) is 5.21. The Labute approximate surface area is 177 Å². The molecule has 4 rings (SSSR count). The topological polar surface area (TPSA) is 101 Å². The van der Waals surface area contributed by atoms with Gasteiger partial charge < -0.3 is 19.3 Å². The molecule has 0 amide bonds. The van der Waals surface area contributed by atoms with Crippen molar-refractivity contribution in [2.75, 3.05) is 5.32 Å². The molecule has 4 aromatic rings. The third kappa shape index (κ3) is 4.06. The van der Waals surface area contributed by atoms with Crippen LogP contribution in [-0.4, -0.2) is 21.5 Å². The van der Waals surface area contributed by atoms with Crippen molar-refractivity contribution >= 4 is 17.0 Å². The standard InChI is InChI=1S/C21H15F4N3O4/c1-20(30,21(23,24)25)18-27-28-19(32-18)26-10-11-2-7-14-15(9-17(29)31-16(14)8-11)12-3-5-13(22)6-4-12/h2-9,30H,10H2,1H3,(H,26,28)/t20-/m1/s1. The third-order valence-corrected chi connectivity index (χ3v) is 4.80. The molecule has 0 fully saturated rings. The highest BCUT2D eigenvalue weighted by atomic mass is 19.4. The Bertz CT molecular complexity index is 1330. The molecule has 7 nitrogen and oxygen atoms in total. The van der Waals surface area contributed by atoms with Crippen LogP contribution in [-0.2, 0) is 12.1 Å². The Morgan fingerprint density at radius 3 is 2.44 bits per heavy atom. The van der Waals surface area contributed by atoms with Gasteiger partial charge in [0.1, 0.15) is 11.4 Å². The zero-order chi connectivity index (χ0) is 23.1. The van der Waals surface area contributed by atoms with Gasteiger partial charge in [0.05, 0.1) is 0 Å². The summed E-state index contributed by atoms with van der Waals surface area (Å²) in [6.45, 7) is 0.560. The summed E-state index contributed by atoms with van der Waals surface area (Å²) < 4.78 is 62.0. The van der Waals surface area contributed by atoms with Gasteiger partial charge in [-0.1, -0.05) is 29.4 Å². The number of halogens is 4. The van der Waals surface area contributed by atoms with Gasteiger partial charge in [-0.25, -0.2) is 9.18 Å². The SMILES string of the molecule is C[C@@](O)(c1nnc(NCc2ccc3c(-c4ccc(F)cc4)cc(=O)oc3c2)o1)C(F)(F)F. The average molecular weight is 449 g/mol. The number of hydrogen-bond donors (Lipinski definition) is 2. The molecule has 0 saturated heterocycles. The molecule has 0 saturated carbocycles. The Balaban J connectivity index is 1.58. The van der Waals surface area contributed by atoms with Crippen LogP contribution in [0.3, 0.4) is 0 Å². The number of aliphatic hydroxyl groups is 1. The minimum absolute atomic E-state index is 0.0518. The summed E-state index contributed by atoms with van der Waals surface area (Å²) in [6, 6.07) is 11.6. The van der Waals surface area contributed by atoms with E-state index in [9.17, 15) is 27.5 Å². The summed E-state index contributed by atoms with van der Waals surface area (Å²) in [7, 11) is 0. The summed E-state index contributed by atoms with van der Waals surface area (Å²) in [5, 5.41) is 19.6. The molecule has 0 aliphatic carbocycles. The first-order valence-corrected chi connectivity index (χ1v) is 9.24. The summed E-state index contributed by atoms with van der Waals surface area (Å²) in [5.74, 6) is -1.41. The van der Waals surface area contributed by atoms with Crippen molar-refractivity contribution in [3.63, 3.8) is 0 Å². The number of anilines is 1. The fourth-order valence-corrected chi connectivity index (χ4v) is 2.98. The second-order valence-electron chi connectivity index (χ2n) is 7.15. The minimum Gasteiger partial charge on any atom is -0.423 e. The molecule has 166 valence electrons. The number of nitrogens with one attached hydrogen (secondary N) is 1. The van der Waals surface area contributed by atoms with Gasteiger partial charge in [0, 0.05) is 18.0 Å².